The van der Waals surface area contributed by atoms with Crippen LogP contribution < -0.4 is 5.56 Å². The lowest BCUT2D eigenvalue weighted by atomic mass is 10.3. The minimum atomic E-state index is -0.506. The lowest BCUT2D eigenvalue weighted by Gasteiger charge is -2.06. The number of rotatable bonds is 3. The first-order valence-corrected chi connectivity index (χ1v) is 4.03. The number of pyridine rings is 1. The van der Waals surface area contributed by atoms with E-state index < -0.39 is 4.92 Å². The zero-order valence-electron chi connectivity index (χ0n) is 7.77. The lowest BCUT2D eigenvalue weighted by Crippen LogP contribution is -2.21. The minimum Gasteiger partial charge on any atom is -0.303 e. The fraction of sp³-hybridized carbons (Fsp3) is 0.222. The third-order valence-electron chi connectivity index (χ3n) is 1.93. The molecule has 0 fully saturated rings. The van der Waals surface area contributed by atoms with E-state index in [9.17, 15) is 14.9 Å². The minimum absolute atomic E-state index is 0.0496. The summed E-state index contributed by atoms with van der Waals surface area (Å²) in [6.45, 7) is 5.31. The summed E-state index contributed by atoms with van der Waals surface area (Å²) in [5, 5.41) is 10.6. The first-order valence-electron chi connectivity index (χ1n) is 4.03. The Morgan fingerprint density at radius 2 is 2.29 bits per heavy atom. The van der Waals surface area contributed by atoms with Crippen molar-refractivity contribution in [3.05, 3.63) is 50.9 Å². The van der Waals surface area contributed by atoms with Crippen LogP contribution in [0, 0.1) is 17.0 Å². The molecule has 74 valence electrons. The Labute approximate surface area is 80.4 Å². The van der Waals surface area contributed by atoms with Gasteiger partial charge in [0.15, 0.2) is 0 Å². The van der Waals surface area contributed by atoms with Crippen molar-refractivity contribution in [3.63, 3.8) is 0 Å². The third kappa shape index (κ3) is 1.71. The summed E-state index contributed by atoms with van der Waals surface area (Å²) in [7, 11) is 0. The summed E-state index contributed by atoms with van der Waals surface area (Å²) in [6, 6.07) is 2.41. The molecule has 0 aliphatic heterocycles. The molecule has 1 rings (SSSR count). The number of nitrogens with zero attached hydrogens (tertiary/aromatic N) is 2. The number of nitro groups is 1. The molecule has 5 heteroatoms. The smallest absolute Gasteiger partial charge is 0.288 e. The van der Waals surface area contributed by atoms with Gasteiger partial charge in [-0.25, -0.2) is 0 Å². The van der Waals surface area contributed by atoms with Gasteiger partial charge < -0.3 is 4.57 Å². The van der Waals surface area contributed by atoms with Crippen molar-refractivity contribution in [2.24, 2.45) is 0 Å². The van der Waals surface area contributed by atoms with E-state index in [0.717, 1.165) is 0 Å². The maximum atomic E-state index is 11.3. The topological polar surface area (TPSA) is 65.1 Å². The Hall–Kier alpha value is -1.91. The predicted octanol–water partition coefficient (Wildman–Crippen LogP) is 1.25. The predicted molar refractivity (Wildman–Crippen MR) is 52.3 cm³/mol. The molecule has 0 aromatic carbocycles. The van der Waals surface area contributed by atoms with Crippen LogP contribution in [0.3, 0.4) is 0 Å². The van der Waals surface area contributed by atoms with Gasteiger partial charge in [0, 0.05) is 18.7 Å². The Bertz CT molecular complexity index is 434. The number of hydrogen-bond acceptors (Lipinski definition) is 3. The van der Waals surface area contributed by atoms with Crippen molar-refractivity contribution in [2.45, 2.75) is 13.5 Å². The van der Waals surface area contributed by atoms with E-state index in [4.69, 9.17) is 0 Å². The fourth-order valence-electron chi connectivity index (χ4n) is 1.21. The van der Waals surface area contributed by atoms with Crippen LogP contribution in [-0.4, -0.2) is 9.49 Å². The fourth-order valence-corrected chi connectivity index (χ4v) is 1.21. The van der Waals surface area contributed by atoms with Crippen molar-refractivity contribution in [2.75, 3.05) is 0 Å². The zero-order valence-corrected chi connectivity index (χ0v) is 7.77. The van der Waals surface area contributed by atoms with E-state index in [1.54, 1.807) is 6.92 Å². The molecule has 1 aromatic rings. The molecule has 0 unspecified atom stereocenters. The molecule has 0 spiro atoms. The summed E-state index contributed by atoms with van der Waals surface area (Å²) in [5.41, 5.74) is 0.0434. The molecule has 1 heterocycles. The number of allylic oxidation sites excluding steroid dienone is 1. The Morgan fingerprint density at radius 1 is 1.64 bits per heavy atom. The maximum Gasteiger partial charge on any atom is 0.288 e. The van der Waals surface area contributed by atoms with Crippen LogP contribution in [0.2, 0.25) is 0 Å². The SMILES string of the molecule is C=CCn1c(C)c([N+](=O)[O-])ccc1=O. The molecule has 0 aliphatic carbocycles. The maximum absolute atomic E-state index is 11.3. The first-order chi connectivity index (χ1) is 6.57. The van der Waals surface area contributed by atoms with E-state index in [0.29, 0.717) is 5.69 Å². The molecule has 0 N–H and O–H groups in total. The molecular weight excluding hydrogens is 184 g/mol. The van der Waals surface area contributed by atoms with E-state index >= 15 is 0 Å². The van der Waals surface area contributed by atoms with Crippen molar-refractivity contribution in [3.8, 4) is 0 Å². The van der Waals surface area contributed by atoms with Crippen molar-refractivity contribution in [1.82, 2.24) is 4.57 Å². The van der Waals surface area contributed by atoms with Gasteiger partial charge in [-0.3, -0.25) is 14.9 Å². The lowest BCUT2D eigenvalue weighted by molar-refractivity contribution is -0.386. The van der Waals surface area contributed by atoms with Gasteiger partial charge in [0.2, 0.25) is 0 Å². The molecule has 0 bridgehead atoms. The largest absolute Gasteiger partial charge is 0.303 e. The van der Waals surface area contributed by atoms with Crippen LogP contribution in [0.5, 0.6) is 0 Å². The van der Waals surface area contributed by atoms with Gasteiger partial charge in [-0.1, -0.05) is 6.08 Å². The highest BCUT2D eigenvalue weighted by atomic mass is 16.6. The highest BCUT2D eigenvalue weighted by molar-refractivity contribution is 5.34. The Morgan fingerprint density at radius 3 is 2.79 bits per heavy atom. The van der Waals surface area contributed by atoms with Gasteiger partial charge in [-0.2, -0.15) is 0 Å². The van der Waals surface area contributed by atoms with Crippen molar-refractivity contribution in [1.29, 1.82) is 0 Å². The summed E-state index contributed by atoms with van der Waals surface area (Å²) >= 11 is 0. The summed E-state index contributed by atoms with van der Waals surface area (Å²) in [6.07, 6.45) is 1.53. The second kappa shape index (κ2) is 3.87. The van der Waals surface area contributed by atoms with Gasteiger partial charge in [-0.05, 0) is 6.92 Å². The molecule has 1 aromatic heterocycles. The zero-order chi connectivity index (χ0) is 10.7. The normalized spacial score (nSPS) is 9.79. The van der Waals surface area contributed by atoms with Gasteiger partial charge in [0.25, 0.3) is 11.2 Å². The monoisotopic (exact) mass is 194 g/mol. The Kier molecular flexibility index (Phi) is 2.81. The standard InChI is InChI=1S/C9H10N2O3/c1-3-6-10-7(2)8(11(13)14)4-5-9(10)12/h3-5H,1,6H2,2H3. The first kappa shape index (κ1) is 10.2. The third-order valence-corrected chi connectivity index (χ3v) is 1.93. The molecule has 0 aliphatic rings. The van der Waals surface area contributed by atoms with Crippen LogP contribution in [0.25, 0.3) is 0 Å². The van der Waals surface area contributed by atoms with Crippen LogP contribution in [0.1, 0.15) is 5.69 Å². The molecule has 14 heavy (non-hydrogen) atoms. The highest BCUT2D eigenvalue weighted by Crippen LogP contribution is 2.14. The molecular formula is C9H10N2O3. The number of aromatic nitrogens is 1. The molecule has 5 nitrogen and oxygen atoms in total. The van der Waals surface area contributed by atoms with E-state index in [2.05, 4.69) is 6.58 Å². The summed E-state index contributed by atoms with van der Waals surface area (Å²) in [4.78, 5) is 21.3. The van der Waals surface area contributed by atoms with Crippen LogP contribution in [-0.2, 0) is 6.54 Å². The Balaban J connectivity index is 3.40. The van der Waals surface area contributed by atoms with E-state index in [1.165, 1.54) is 22.8 Å². The molecule has 0 radical (unpaired) electrons. The summed E-state index contributed by atoms with van der Waals surface area (Å²) < 4.78 is 1.31. The van der Waals surface area contributed by atoms with Crippen LogP contribution in [0.15, 0.2) is 29.6 Å². The van der Waals surface area contributed by atoms with Gasteiger partial charge in [-0.15, -0.1) is 6.58 Å². The quantitative estimate of drug-likeness (QED) is 0.413. The molecule has 0 amide bonds. The highest BCUT2D eigenvalue weighted by Gasteiger charge is 2.13. The number of hydrogen-bond donors (Lipinski definition) is 0. The van der Waals surface area contributed by atoms with Crippen molar-refractivity contribution < 1.29 is 4.92 Å². The summed E-state index contributed by atoms with van der Waals surface area (Å²) in [5.74, 6) is 0. The molecule has 0 saturated heterocycles. The average Bonchev–Trinajstić information content (AvgIpc) is 2.11. The molecule has 0 saturated carbocycles. The van der Waals surface area contributed by atoms with Crippen LogP contribution in [0.4, 0.5) is 5.69 Å². The van der Waals surface area contributed by atoms with Crippen LogP contribution >= 0.6 is 0 Å². The van der Waals surface area contributed by atoms with E-state index in [-0.39, 0.29) is 17.8 Å². The second-order valence-corrected chi connectivity index (χ2v) is 2.80. The van der Waals surface area contributed by atoms with E-state index in [1.807, 2.05) is 0 Å². The van der Waals surface area contributed by atoms with Gasteiger partial charge in [0.1, 0.15) is 0 Å². The van der Waals surface area contributed by atoms with Gasteiger partial charge >= 0.3 is 0 Å². The van der Waals surface area contributed by atoms with Crippen molar-refractivity contribution >= 4 is 5.69 Å². The second-order valence-electron chi connectivity index (χ2n) is 2.80. The van der Waals surface area contributed by atoms with Gasteiger partial charge in [0.05, 0.1) is 10.6 Å². The molecule has 0 atom stereocenters. The average molecular weight is 194 g/mol.